The van der Waals surface area contributed by atoms with Crippen LogP contribution in [0.1, 0.15) is 35.5 Å². The van der Waals surface area contributed by atoms with Gasteiger partial charge in [0.25, 0.3) is 0 Å². The molecule has 1 unspecified atom stereocenters. The molecule has 2 aromatic heterocycles. The molecule has 0 fully saturated rings. The van der Waals surface area contributed by atoms with E-state index in [1.54, 1.807) is 7.11 Å². The third-order valence-electron chi connectivity index (χ3n) is 4.90. The maximum absolute atomic E-state index is 5.40. The van der Waals surface area contributed by atoms with Crippen LogP contribution in [0.4, 0.5) is 0 Å². The van der Waals surface area contributed by atoms with Gasteiger partial charge in [-0.05, 0) is 37.6 Å². The molecule has 1 atom stereocenters. The first-order chi connectivity index (χ1) is 11.2. The van der Waals surface area contributed by atoms with Crippen molar-refractivity contribution in [2.24, 2.45) is 0 Å². The molecule has 0 saturated heterocycles. The lowest BCUT2D eigenvalue weighted by Crippen LogP contribution is -2.87. The van der Waals surface area contributed by atoms with Gasteiger partial charge in [-0.15, -0.1) is 0 Å². The molecule has 1 aliphatic heterocycles. The second-order valence-electron chi connectivity index (χ2n) is 6.21. The zero-order valence-corrected chi connectivity index (χ0v) is 13.9. The van der Waals surface area contributed by atoms with E-state index in [-0.39, 0.29) is 0 Å². The third-order valence-corrected chi connectivity index (χ3v) is 4.90. The lowest BCUT2D eigenvalue weighted by Gasteiger charge is -2.20. The molecule has 0 bridgehead atoms. The smallest absolute Gasteiger partial charge is 0.156 e. The number of aromatic nitrogens is 3. The van der Waals surface area contributed by atoms with Crippen molar-refractivity contribution in [2.75, 3.05) is 13.7 Å². The van der Waals surface area contributed by atoms with Crippen molar-refractivity contribution in [3.8, 4) is 5.75 Å². The van der Waals surface area contributed by atoms with Gasteiger partial charge in [0.05, 0.1) is 30.6 Å². The van der Waals surface area contributed by atoms with Crippen molar-refractivity contribution >= 4 is 10.9 Å². The van der Waals surface area contributed by atoms with Crippen molar-refractivity contribution in [1.82, 2.24) is 14.8 Å². The first-order valence-electron chi connectivity index (χ1n) is 8.27. The standard InChI is InChI=1S/C18H22N4O/c1-4-22-10-15(11(2)21-22)17-18-13(7-8-19-17)14-9-12(23-3)5-6-16(14)20-18/h5-6,9-10,17,19-20H,4,7-8H2,1-3H3/p+1. The molecule has 1 aliphatic rings. The number of methoxy groups -OCH3 is 1. The third kappa shape index (κ3) is 2.23. The van der Waals surface area contributed by atoms with E-state index in [1.807, 2.05) is 10.7 Å². The second-order valence-corrected chi connectivity index (χ2v) is 6.21. The van der Waals surface area contributed by atoms with E-state index < -0.39 is 0 Å². The average molecular weight is 311 g/mol. The zero-order chi connectivity index (χ0) is 16.0. The molecular formula is C18H23N4O+. The molecule has 0 saturated carbocycles. The number of hydrogen-bond acceptors (Lipinski definition) is 2. The van der Waals surface area contributed by atoms with Crippen LogP contribution < -0.4 is 10.1 Å². The Kier molecular flexibility index (Phi) is 3.38. The number of aromatic amines is 1. The van der Waals surface area contributed by atoms with Crippen LogP contribution in [0.5, 0.6) is 5.75 Å². The Balaban J connectivity index is 1.86. The number of fused-ring (bicyclic) bond motifs is 3. The van der Waals surface area contributed by atoms with Crippen LogP contribution in [-0.2, 0) is 13.0 Å². The maximum atomic E-state index is 5.40. The molecule has 0 aliphatic carbocycles. The molecule has 3 heterocycles. The van der Waals surface area contributed by atoms with Gasteiger partial charge in [0.2, 0.25) is 0 Å². The minimum absolute atomic E-state index is 0.303. The van der Waals surface area contributed by atoms with E-state index in [2.05, 4.69) is 47.6 Å². The minimum atomic E-state index is 0.303. The summed E-state index contributed by atoms with van der Waals surface area (Å²) < 4.78 is 7.42. The van der Waals surface area contributed by atoms with E-state index >= 15 is 0 Å². The lowest BCUT2D eigenvalue weighted by atomic mass is 9.95. The van der Waals surface area contributed by atoms with E-state index in [0.29, 0.717) is 6.04 Å². The van der Waals surface area contributed by atoms with Crippen molar-refractivity contribution in [3.63, 3.8) is 0 Å². The van der Waals surface area contributed by atoms with E-state index in [9.17, 15) is 0 Å². The predicted molar refractivity (Wildman–Crippen MR) is 89.8 cm³/mol. The first kappa shape index (κ1) is 14.3. The number of benzene rings is 1. The summed E-state index contributed by atoms with van der Waals surface area (Å²) in [6.07, 6.45) is 3.28. The fourth-order valence-corrected chi connectivity index (χ4v) is 3.70. The number of nitrogens with two attached hydrogens (primary N) is 1. The number of ether oxygens (including phenoxy) is 1. The molecule has 5 heteroatoms. The molecule has 1 aromatic carbocycles. The van der Waals surface area contributed by atoms with Crippen molar-refractivity contribution in [3.05, 3.63) is 46.9 Å². The topological polar surface area (TPSA) is 59.5 Å². The fourth-order valence-electron chi connectivity index (χ4n) is 3.70. The van der Waals surface area contributed by atoms with Gasteiger partial charge in [0, 0.05) is 30.1 Å². The number of H-pyrrole nitrogens is 1. The molecule has 0 spiro atoms. The van der Waals surface area contributed by atoms with Crippen molar-refractivity contribution in [1.29, 1.82) is 0 Å². The van der Waals surface area contributed by atoms with Crippen LogP contribution in [0.25, 0.3) is 10.9 Å². The minimum Gasteiger partial charge on any atom is -0.497 e. The zero-order valence-electron chi connectivity index (χ0n) is 13.9. The van der Waals surface area contributed by atoms with Crippen LogP contribution in [0.3, 0.4) is 0 Å². The summed E-state index contributed by atoms with van der Waals surface area (Å²) >= 11 is 0. The molecule has 3 aromatic rings. The number of nitrogens with zero attached hydrogens (tertiary/aromatic N) is 2. The highest BCUT2D eigenvalue weighted by Crippen LogP contribution is 2.33. The lowest BCUT2D eigenvalue weighted by molar-refractivity contribution is -0.690. The van der Waals surface area contributed by atoms with Gasteiger partial charge in [-0.2, -0.15) is 5.10 Å². The van der Waals surface area contributed by atoms with Crippen LogP contribution in [0.2, 0.25) is 0 Å². The molecular weight excluding hydrogens is 288 g/mol. The Bertz CT molecular complexity index is 861. The number of quaternary nitrogens is 1. The van der Waals surface area contributed by atoms with Crippen LogP contribution in [0.15, 0.2) is 24.4 Å². The quantitative estimate of drug-likeness (QED) is 0.776. The van der Waals surface area contributed by atoms with Crippen LogP contribution >= 0.6 is 0 Å². The summed E-state index contributed by atoms with van der Waals surface area (Å²) in [5, 5.41) is 8.33. The number of hydrogen-bond donors (Lipinski definition) is 2. The monoisotopic (exact) mass is 311 g/mol. The molecule has 0 radical (unpaired) electrons. The van der Waals surface area contributed by atoms with Crippen molar-refractivity contribution < 1.29 is 10.1 Å². The van der Waals surface area contributed by atoms with E-state index in [1.165, 1.54) is 27.7 Å². The summed E-state index contributed by atoms with van der Waals surface area (Å²) in [6, 6.07) is 6.59. The molecule has 120 valence electrons. The summed E-state index contributed by atoms with van der Waals surface area (Å²) in [5.41, 5.74) is 6.37. The van der Waals surface area contributed by atoms with Gasteiger partial charge in [-0.3, -0.25) is 4.68 Å². The molecule has 5 nitrogen and oxygen atoms in total. The Morgan fingerprint density at radius 3 is 3.04 bits per heavy atom. The van der Waals surface area contributed by atoms with E-state index in [4.69, 9.17) is 4.74 Å². The summed E-state index contributed by atoms with van der Waals surface area (Å²) in [7, 11) is 1.72. The van der Waals surface area contributed by atoms with Gasteiger partial charge in [0.1, 0.15) is 5.75 Å². The van der Waals surface area contributed by atoms with Crippen LogP contribution in [-0.4, -0.2) is 28.4 Å². The van der Waals surface area contributed by atoms with Gasteiger partial charge < -0.3 is 15.0 Å². The molecule has 0 amide bonds. The summed E-state index contributed by atoms with van der Waals surface area (Å²) in [4.78, 5) is 3.65. The van der Waals surface area contributed by atoms with Crippen molar-refractivity contribution in [2.45, 2.75) is 32.9 Å². The maximum Gasteiger partial charge on any atom is 0.156 e. The predicted octanol–water partition coefficient (Wildman–Crippen LogP) is 1.91. The average Bonchev–Trinajstić information content (AvgIpc) is 3.14. The SMILES string of the molecule is CCn1cc(C2[NH2+]CCc3c2[nH]c2ccc(OC)cc32)c(C)n1. The Morgan fingerprint density at radius 2 is 2.30 bits per heavy atom. The molecule has 3 N–H and O–H groups in total. The Morgan fingerprint density at radius 1 is 1.43 bits per heavy atom. The highest BCUT2D eigenvalue weighted by Gasteiger charge is 2.31. The van der Waals surface area contributed by atoms with E-state index in [0.717, 1.165) is 31.0 Å². The summed E-state index contributed by atoms with van der Waals surface area (Å²) in [5.74, 6) is 0.917. The Labute approximate surface area is 135 Å². The normalized spacial score (nSPS) is 17.4. The van der Waals surface area contributed by atoms with Gasteiger partial charge in [-0.25, -0.2) is 0 Å². The van der Waals surface area contributed by atoms with Gasteiger partial charge in [-0.1, -0.05) is 0 Å². The largest absolute Gasteiger partial charge is 0.497 e. The van der Waals surface area contributed by atoms with Gasteiger partial charge in [0.15, 0.2) is 6.04 Å². The number of rotatable bonds is 3. The first-order valence-corrected chi connectivity index (χ1v) is 8.27. The van der Waals surface area contributed by atoms with Gasteiger partial charge >= 0.3 is 0 Å². The second kappa shape index (κ2) is 5.42. The summed E-state index contributed by atoms with van der Waals surface area (Å²) in [6.45, 7) is 6.24. The highest BCUT2D eigenvalue weighted by molar-refractivity contribution is 5.86. The fraction of sp³-hybridized carbons (Fsp3) is 0.389. The number of nitrogens with one attached hydrogen (secondary N) is 1. The Hall–Kier alpha value is -2.27. The molecule has 23 heavy (non-hydrogen) atoms. The molecule has 4 rings (SSSR count). The van der Waals surface area contributed by atoms with Crippen LogP contribution in [0, 0.1) is 6.92 Å². The number of aryl methyl sites for hydroxylation is 2. The highest BCUT2D eigenvalue weighted by atomic mass is 16.5.